The molecule has 2 fully saturated rings. The summed E-state index contributed by atoms with van der Waals surface area (Å²) in [5, 5.41) is 3.45. The standard InChI is InChI=1S/C20H39N5O/c1-6-21-20(25-13-11-23(12-14-25)18(5)26)22-15-19(16(2)3)24-9-7-17(4)8-10-24/h16-17,19H,6-15H2,1-5H3,(H,21,22). The molecule has 0 aliphatic carbocycles. The van der Waals surface area contributed by atoms with Crippen LogP contribution in [0.25, 0.3) is 0 Å². The second-order valence-corrected chi connectivity index (χ2v) is 8.22. The van der Waals surface area contributed by atoms with Crippen LogP contribution >= 0.6 is 0 Å². The van der Waals surface area contributed by atoms with Gasteiger partial charge in [-0.05, 0) is 44.7 Å². The molecule has 0 bridgehead atoms. The summed E-state index contributed by atoms with van der Waals surface area (Å²) in [7, 11) is 0. The molecule has 2 aliphatic rings. The molecule has 0 aromatic heterocycles. The topological polar surface area (TPSA) is 51.2 Å². The van der Waals surface area contributed by atoms with E-state index < -0.39 is 0 Å². The van der Waals surface area contributed by atoms with E-state index in [4.69, 9.17) is 4.99 Å². The molecule has 0 radical (unpaired) electrons. The Balaban J connectivity index is 1.98. The van der Waals surface area contributed by atoms with Gasteiger partial charge in [-0.3, -0.25) is 14.7 Å². The fourth-order valence-corrected chi connectivity index (χ4v) is 3.95. The van der Waals surface area contributed by atoms with Crippen LogP contribution < -0.4 is 5.32 Å². The van der Waals surface area contributed by atoms with Crippen molar-refractivity contribution < 1.29 is 4.79 Å². The number of amides is 1. The van der Waals surface area contributed by atoms with Crippen LogP contribution in [0.15, 0.2) is 4.99 Å². The molecule has 1 N–H and O–H groups in total. The molecule has 1 atom stereocenters. The van der Waals surface area contributed by atoms with E-state index >= 15 is 0 Å². The maximum atomic E-state index is 11.5. The first-order chi connectivity index (χ1) is 12.4. The first-order valence-corrected chi connectivity index (χ1v) is 10.4. The Kier molecular flexibility index (Phi) is 8.19. The highest BCUT2D eigenvalue weighted by Gasteiger charge is 2.26. The number of carbonyl (C=O) groups excluding carboxylic acids is 1. The molecular formula is C20H39N5O. The van der Waals surface area contributed by atoms with Crippen LogP contribution in [-0.4, -0.2) is 85.0 Å². The first kappa shape index (κ1) is 21.0. The van der Waals surface area contributed by atoms with Gasteiger partial charge in [-0.15, -0.1) is 0 Å². The van der Waals surface area contributed by atoms with Gasteiger partial charge < -0.3 is 15.1 Å². The van der Waals surface area contributed by atoms with E-state index in [2.05, 4.69) is 42.8 Å². The van der Waals surface area contributed by atoms with Crippen LogP contribution in [0.2, 0.25) is 0 Å². The lowest BCUT2D eigenvalue weighted by molar-refractivity contribution is -0.130. The number of nitrogens with zero attached hydrogens (tertiary/aromatic N) is 4. The number of aliphatic imine (C=N–C) groups is 1. The fraction of sp³-hybridized carbons (Fsp3) is 0.900. The Morgan fingerprint density at radius 3 is 2.15 bits per heavy atom. The van der Waals surface area contributed by atoms with Crippen molar-refractivity contribution in [3.63, 3.8) is 0 Å². The average Bonchev–Trinajstić information content (AvgIpc) is 2.62. The smallest absolute Gasteiger partial charge is 0.219 e. The molecule has 2 heterocycles. The van der Waals surface area contributed by atoms with Gasteiger partial charge in [0, 0.05) is 45.7 Å². The summed E-state index contributed by atoms with van der Waals surface area (Å²) in [6, 6.07) is 0.509. The van der Waals surface area contributed by atoms with E-state index in [0.29, 0.717) is 12.0 Å². The zero-order chi connectivity index (χ0) is 19.1. The van der Waals surface area contributed by atoms with Crippen LogP contribution in [0.3, 0.4) is 0 Å². The Bertz CT molecular complexity index is 463. The molecule has 2 aliphatic heterocycles. The number of rotatable bonds is 5. The maximum Gasteiger partial charge on any atom is 0.219 e. The van der Waals surface area contributed by atoms with E-state index in [1.165, 1.54) is 25.9 Å². The third-order valence-electron chi connectivity index (χ3n) is 5.84. The molecule has 6 nitrogen and oxygen atoms in total. The molecule has 6 heteroatoms. The predicted octanol–water partition coefficient (Wildman–Crippen LogP) is 1.87. The number of carbonyl (C=O) groups is 1. The lowest BCUT2D eigenvalue weighted by Gasteiger charge is -2.39. The van der Waals surface area contributed by atoms with Gasteiger partial charge in [0.15, 0.2) is 5.96 Å². The fourth-order valence-electron chi connectivity index (χ4n) is 3.95. The largest absolute Gasteiger partial charge is 0.357 e. The summed E-state index contributed by atoms with van der Waals surface area (Å²) in [6.45, 7) is 18.2. The summed E-state index contributed by atoms with van der Waals surface area (Å²) in [4.78, 5) is 23.4. The van der Waals surface area contributed by atoms with Gasteiger partial charge in [-0.2, -0.15) is 0 Å². The van der Waals surface area contributed by atoms with Gasteiger partial charge in [0.25, 0.3) is 0 Å². The van der Waals surface area contributed by atoms with E-state index in [0.717, 1.165) is 51.1 Å². The summed E-state index contributed by atoms with van der Waals surface area (Å²) >= 11 is 0. The van der Waals surface area contributed by atoms with Gasteiger partial charge in [0.2, 0.25) is 5.91 Å². The molecule has 150 valence electrons. The normalized spacial score (nSPS) is 22.0. The molecule has 2 rings (SSSR count). The molecule has 0 spiro atoms. The van der Waals surface area contributed by atoms with Gasteiger partial charge >= 0.3 is 0 Å². The zero-order valence-electron chi connectivity index (χ0n) is 17.5. The van der Waals surface area contributed by atoms with E-state index in [9.17, 15) is 4.79 Å². The van der Waals surface area contributed by atoms with Crippen molar-refractivity contribution in [2.45, 2.75) is 53.5 Å². The Labute approximate surface area is 160 Å². The lowest BCUT2D eigenvalue weighted by Crippen LogP contribution is -2.54. The molecule has 0 saturated carbocycles. The monoisotopic (exact) mass is 365 g/mol. The molecule has 26 heavy (non-hydrogen) atoms. The Morgan fingerprint density at radius 1 is 1.08 bits per heavy atom. The SMILES string of the molecule is CCNC(=NCC(C(C)C)N1CCC(C)CC1)N1CCN(C(C)=O)CC1. The van der Waals surface area contributed by atoms with Crippen molar-refractivity contribution >= 4 is 11.9 Å². The highest BCUT2D eigenvalue weighted by molar-refractivity contribution is 5.80. The summed E-state index contributed by atoms with van der Waals surface area (Å²) in [6.07, 6.45) is 2.61. The second-order valence-electron chi connectivity index (χ2n) is 8.22. The molecule has 0 aromatic rings. The number of likely N-dealkylation sites (tertiary alicyclic amines) is 1. The van der Waals surface area contributed by atoms with Crippen LogP contribution in [0.1, 0.15) is 47.5 Å². The van der Waals surface area contributed by atoms with Gasteiger partial charge in [0.05, 0.1) is 6.54 Å². The van der Waals surface area contributed by atoms with Crippen LogP contribution in [0.4, 0.5) is 0 Å². The quantitative estimate of drug-likeness (QED) is 0.597. The van der Waals surface area contributed by atoms with Crippen molar-refractivity contribution in [1.29, 1.82) is 0 Å². The number of guanidine groups is 1. The predicted molar refractivity (Wildman–Crippen MR) is 108 cm³/mol. The minimum Gasteiger partial charge on any atom is -0.357 e. The van der Waals surface area contributed by atoms with Crippen molar-refractivity contribution in [2.24, 2.45) is 16.8 Å². The van der Waals surface area contributed by atoms with Gasteiger partial charge in [-0.25, -0.2) is 0 Å². The number of piperidine rings is 1. The van der Waals surface area contributed by atoms with Gasteiger partial charge in [0.1, 0.15) is 0 Å². The Hall–Kier alpha value is -1.30. The molecule has 0 aromatic carbocycles. The maximum absolute atomic E-state index is 11.5. The van der Waals surface area contributed by atoms with Crippen molar-refractivity contribution in [2.75, 3.05) is 52.4 Å². The number of hydrogen-bond donors (Lipinski definition) is 1. The second kappa shape index (κ2) is 10.1. The Morgan fingerprint density at radius 2 is 1.65 bits per heavy atom. The van der Waals surface area contributed by atoms with Gasteiger partial charge in [-0.1, -0.05) is 20.8 Å². The van der Waals surface area contributed by atoms with E-state index in [1.807, 2.05) is 4.90 Å². The third kappa shape index (κ3) is 5.86. The average molecular weight is 366 g/mol. The minimum atomic E-state index is 0.172. The summed E-state index contributed by atoms with van der Waals surface area (Å²) in [5.41, 5.74) is 0. The van der Waals surface area contributed by atoms with Crippen molar-refractivity contribution in [3.8, 4) is 0 Å². The zero-order valence-corrected chi connectivity index (χ0v) is 17.5. The van der Waals surface area contributed by atoms with Crippen LogP contribution in [0, 0.1) is 11.8 Å². The summed E-state index contributed by atoms with van der Waals surface area (Å²) in [5.74, 6) is 2.64. The first-order valence-electron chi connectivity index (χ1n) is 10.4. The number of hydrogen-bond acceptors (Lipinski definition) is 3. The molecular weight excluding hydrogens is 326 g/mol. The van der Waals surface area contributed by atoms with Crippen molar-refractivity contribution in [3.05, 3.63) is 0 Å². The molecule has 2 saturated heterocycles. The summed E-state index contributed by atoms with van der Waals surface area (Å²) < 4.78 is 0. The minimum absolute atomic E-state index is 0.172. The number of piperazine rings is 1. The molecule has 1 unspecified atom stereocenters. The molecule has 1 amide bonds. The highest BCUT2D eigenvalue weighted by atomic mass is 16.2. The highest BCUT2D eigenvalue weighted by Crippen LogP contribution is 2.21. The van der Waals surface area contributed by atoms with E-state index in [-0.39, 0.29) is 5.91 Å². The third-order valence-corrected chi connectivity index (χ3v) is 5.84. The van der Waals surface area contributed by atoms with Crippen molar-refractivity contribution in [1.82, 2.24) is 20.0 Å². The van der Waals surface area contributed by atoms with E-state index in [1.54, 1.807) is 6.92 Å². The van der Waals surface area contributed by atoms with Crippen LogP contribution in [0.5, 0.6) is 0 Å². The number of nitrogens with one attached hydrogen (secondary N) is 1. The van der Waals surface area contributed by atoms with Crippen LogP contribution in [-0.2, 0) is 4.79 Å². The lowest BCUT2D eigenvalue weighted by atomic mass is 9.94.